The van der Waals surface area contributed by atoms with Gasteiger partial charge in [-0.05, 0) is 37.0 Å². The maximum atomic E-state index is 12.7. The summed E-state index contributed by atoms with van der Waals surface area (Å²) in [5.41, 5.74) is 6.93. The Morgan fingerprint density at radius 2 is 2.10 bits per heavy atom. The van der Waals surface area contributed by atoms with E-state index in [1.54, 1.807) is 19.1 Å². The van der Waals surface area contributed by atoms with Crippen molar-refractivity contribution >= 4 is 10.0 Å². The first kappa shape index (κ1) is 15.0. The maximum absolute atomic E-state index is 12.7. The summed E-state index contributed by atoms with van der Waals surface area (Å²) in [6.45, 7) is 4.55. The van der Waals surface area contributed by atoms with Crippen LogP contribution in [0.2, 0.25) is 0 Å². The third-order valence-electron chi connectivity index (χ3n) is 3.59. The van der Waals surface area contributed by atoms with Gasteiger partial charge in [0, 0.05) is 19.1 Å². The Balaban J connectivity index is 2.42. The van der Waals surface area contributed by atoms with Crippen molar-refractivity contribution in [2.75, 3.05) is 13.1 Å². The predicted octanol–water partition coefficient (Wildman–Crippen LogP) is 1.22. The van der Waals surface area contributed by atoms with Crippen molar-refractivity contribution in [3.05, 3.63) is 29.3 Å². The van der Waals surface area contributed by atoms with Gasteiger partial charge in [-0.25, -0.2) is 8.42 Å². The molecule has 2 atom stereocenters. The molecule has 0 aromatic heterocycles. The Morgan fingerprint density at radius 1 is 1.40 bits per heavy atom. The zero-order valence-electron chi connectivity index (χ0n) is 11.7. The Labute approximate surface area is 120 Å². The molecular weight excluding hydrogens is 274 g/mol. The van der Waals surface area contributed by atoms with Gasteiger partial charge in [-0.2, -0.15) is 9.57 Å². The quantitative estimate of drug-likeness (QED) is 0.888. The van der Waals surface area contributed by atoms with E-state index >= 15 is 0 Å². The molecule has 0 aliphatic carbocycles. The summed E-state index contributed by atoms with van der Waals surface area (Å²) < 4.78 is 26.9. The van der Waals surface area contributed by atoms with E-state index in [0.29, 0.717) is 24.2 Å². The highest BCUT2D eigenvalue weighted by Gasteiger charge is 2.32. The first-order chi connectivity index (χ1) is 9.34. The van der Waals surface area contributed by atoms with Gasteiger partial charge in [-0.15, -0.1) is 0 Å². The molecule has 6 heteroatoms. The molecule has 1 aliphatic rings. The van der Waals surface area contributed by atoms with Crippen LogP contribution in [0, 0.1) is 24.2 Å². The molecule has 5 nitrogen and oxygen atoms in total. The second-order valence-corrected chi connectivity index (χ2v) is 7.42. The van der Waals surface area contributed by atoms with Gasteiger partial charge in [-0.1, -0.05) is 13.0 Å². The minimum Gasteiger partial charge on any atom is -0.326 e. The summed E-state index contributed by atoms with van der Waals surface area (Å²) in [5, 5.41) is 8.93. The summed E-state index contributed by atoms with van der Waals surface area (Å²) in [4.78, 5) is 0.206. The average Bonchev–Trinajstić information content (AvgIpc) is 2.38. The van der Waals surface area contributed by atoms with E-state index in [1.165, 1.54) is 10.4 Å². The molecule has 0 spiro atoms. The van der Waals surface area contributed by atoms with Crippen molar-refractivity contribution in [3.8, 4) is 6.07 Å². The van der Waals surface area contributed by atoms with Gasteiger partial charge in [0.1, 0.15) is 0 Å². The van der Waals surface area contributed by atoms with Gasteiger partial charge in [0.15, 0.2) is 0 Å². The molecule has 1 fully saturated rings. The molecule has 2 rings (SSSR count). The first-order valence-corrected chi connectivity index (χ1v) is 8.05. The number of hydrogen-bond acceptors (Lipinski definition) is 4. The number of sulfonamides is 1. The average molecular weight is 293 g/mol. The monoisotopic (exact) mass is 293 g/mol. The van der Waals surface area contributed by atoms with E-state index < -0.39 is 10.0 Å². The van der Waals surface area contributed by atoms with Crippen LogP contribution in [-0.2, 0) is 10.0 Å². The molecule has 0 saturated carbocycles. The molecule has 2 unspecified atom stereocenters. The van der Waals surface area contributed by atoms with Crippen LogP contribution < -0.4 is 5.73 Å². The summed E-state index contributed by atoms with van der Waals surface area (Å²) >= 11 is 0. The zero-order chi connectivity index (χ0) is 14.9. The molecule has 0 bridgehead atoms. The summed E-state index contributed by atoms with van der Waals surface area (Å²) in [6.07, 6.45) is 0.837. The number of benzene rings is 1. The normalized spacial score (nSPS) is 24.3. The van der Waals surface area contributed by atoms with Gasteiger partial charge in [0.25, 0.3) is 0 Å². The van der Waals surface area contributed by atoms with Crippen LogP contribution in [0.4, 0.5) is 0 Å². The second-order valence-electron chi connectivity index (χ2n) is 5.52. The highest BCUT2D eigenvalue weighted by atomic mass is 32.2. The number of piperidine rings is 1. The third-order valence-corrected chi connectivity index (χ3v) is 5.57. The lowest BCUT2D eigenvalue weighted by molar-refractivity contribution is 0.254. The van der Waals surface area contributed by atoms with E-state index in [0.717, 1.165) is 6.42 Å². The van der Waals surface area contributed by atoms with Crippen LogP contribution in [0.1, 0.15) is 24.5 Å². The lowest BCUT2D eigenvalue weighted by Gasteiger charge is -2.34. The van der Waals surface area contributed by atoms with Crippen molar-refractivity contribution in [1.29, 1.82) is 5.26 Å². The molecule has 108 valence electrons. The van der Waals surface area contributed by atoms with Gasteiger partial charge < -0.3 is 5.73 Å². The van der Waals surface area contributed by atoms with Gasteiger partial charge in [0.2, 0.25) is 10.0 Å². The number of nitrogens with zero attached hydrogens (tertiary/aromatic N) is 2. The van der Waals surface area contributed by atoms with Gasteiger partial charge >= 0.3 is 0 Å². The fourth-order valence-corrected chi connectivity index (χ4v) is 4.50. The largest absolute Gasteiger partial charge is 0.326 e. The van der Waals surface area contributed by atoms with Crippen molar-refractivity contribution in [3.63, 3.8) is 0 Å². The van der Waals surface area contributed by atoms with Crippen molar-refractivity contribution in [1.82, 2.24) is 4.31 Å². The van der Waals surface area contributed by atoms with Crippen LogP contribution in [0.25, 0.3) is 0 Å². The summed E-state index contributed by atoms with van der Waals surface area (Å²) in [6, 6.07) is 6.58. The smallest absolute Gasteiger partial charge is 0.243 e. The minimum absolute atomic E-state index is 0.131. The number of rotatable bonds is 2. The molecule has 0 radical (unpaired) electrons. The highest BCUT2D eigenvalue weighted by Crippen LogP contribution is 2.25. The lowest BCUT2D eigenvalue weighted by Crippen LogP contribution is -2.48. The van der Waals surface area contributed by atoms with Crippen LogP contribution >= 0.6 is 0 Å². The number of nitrogens with two attached hydrogens (primary N) is 1. The molecule has 1 aromatic rings. The molecule has 0 amide bonds. The van der Waals surface area contributed by atoms with Crippen LogP contribution in [-0.4, -0.2) is 31.9 Å². The van der Waals surface area contributed by atoms with Crippen molar-refractivity contribution in [2.24, 2.45) is 11.7 Å². The van der Waals surface area contributed by atoms with Gasteiger partial charge in [-0.3, -0.25) is 0 Å². The van der Waals surface area contributed by atoms with Crippen molar-refractivity contribution < 1.29 is 8.42 Å². The molecule has 1 saturated heterocycles. The predicted molar refractivity (Wildman–Crippen MR) is 76.4 cm³/mol. The topological polar surface area (TPSA) is 87.2 Å². The summed E-state index contributed by atoms with van der Waals surface area (Å²) in [7, 11) is -3.59. The Hall–Kier alpha value is -1.42. The molecule has 2 N–H and O–H groups in total. The van der Waals surface area contributed by atoms with Crippen LogP contribution in [0.3, 0.4) is 0 Å². The maximum Gasteiger partial charge on any atom is 0.243 e. The number of nitriles is 1. The lowest BCUT2D eigenvalue weighted by atomic mass is 9.99. The van der Waals surface area contributed by atoms with E-state index in [4.69, 9.17) is 11.0 Å². The van der Waals surface area contributed by atoms with E-state index in [2.05, 4.69) is 0 Å². The molecule has 20 heavy (non-hydrogen) atoms. The van der Waals surface area contributed by atoms with Crippen molar-refractivity contribution in [2.45, 2.75) is 31.2 Å². The Morgan fingerprint density at radius 3 is 2.70 bits per heavy atom. The van der Waals surface area contributed by atoms with Crippen LogP contribution in [0.5, 0.6) is 0 Å². The second kappa shape index (κ2) is 5.52. The third kappa shape index (κ3) is 2.85. The number of hydrogen-bond donors (Lipinski definition) is 1. The standard InChI is InChI=1S/C14H19N3O2S/c1-10-5-13(16)9-17(8-10)20(18,19)14-6-12(7-15)4-3-11(14)2/h3-4,6,10,13H,5,8-9,16H2,1-2H3. The summed E-state index contributed by atoms with van der Waals surface area (Å²) in [5.74, 6) is 0.244. The molecule has 1 heterocycles. The molecular formula is C14H19N3O2S. The highest BCUT2D eigenvalue weighted by molar-refractivity contribution is 7.89. The van der Waals surface area contributed by atoms with Crippen LogP contribution in [0.15, 0.2) is 23.1 Å². The fourth-order valence-electron chi connectivity index (χ4n) is 2.63. The first-order valence-electron chi connectivity index (χ1n) is 6.61. The zero-order valence-corrected chi connectivity index (χ0v) is 12.5. The van der Waals surface area contributed by atoms with E-state index in [9.17, 15) is 8.42 Å². The molecule has 1 aromatic carbocycles. The fraction of sp³-hybridized carbons (Fsp3) is 0.500. The minimum atomic E-state index is -3.59. The Bertz CT molecular complexity index is 639. The van der Waals surface area contributed by atoms with E-state index in [-0.39, 0.29) is 16.9 Å². The Kier molecular flexibility index (Phi) is 4.14. The number of aryl methyl sites for hydroxylation is 1. The van der Waals surface area contributed by atoms with E-state index in [1.807, 2.05) is 13.0 Å². The molecule has 1 aliphatic heterocycles. The SMILES string of the molecule is Cc1ccc(C#N)cc1S(=O)(=O)N1CC(C)CC(N)C1. The van der Waals surface area contributed by atoms with Gasteiger partial charge in [0.05, 0.1) is 16.5 Å².